The van der Waals surface area contributed by atoms with Crippen molar-refractivity contribution >= 4 is 26.0 Å². The van der Waals surface area contributed by atoms with E-state index in [0.717, 1.165) is 16.9 Å². The molecule has 0 fully saturated rings. The van der Waals surface area contributed by atoms with E-state index in [-0.39, 0.29) is 0 Å². The smallest absolute Gasteiger partial charge is 0.207 e. The third kappa shape index (κ3) is 4.15. The van der Waals surface area contributed by atoms with Gasteiger partial charge in [0.1, 0.15) is 0 Å². The summed E-state index contributed by atoms with van der Waals surface area (Å²) in [6, 6.07) is 3.26. The average molecular weight is 432 g/mol. The van der Waals surface area contributed by atoms with Crippen molar-refractivity contribution in [3.8, 4) is 0 Å². The molecule has 0 saturated carbocycles. The van der Waals surface area contributed by atoms with Crippen LogP contribution in [0.1, 0.15) is 5.56 Å². The van der Waals surface area contributed by atoms with Crippen molar-refractivity contribution < 1.29 is 39.2 Å². The van der Waals surface area contributed by atoms with Crippen LogP contribution in [0.4, 0.5) is 30.7 Å². The second-order valence-corrected chi connectivity index (χ2v) is 7.13. The van der Waals surface area contributed by atoms with Crippen LogP contribution in [-0.4, -0.2) is 33.0 Å². The van der Waals surface area contributed by atoms with Crippen molar-refractivity contribution in [1.29, 1.82) is 0 Å². The molecule has 1 rings (SSSR count). The highest BCUT2D eigenvalue weighted by molar-refractivity contribution is 9.10. The summed E-state index contributed by atoms with van der Waals surface area (Å²) in [4.78, 5) is -0.552. The number of benzene rings is 1. The molecule has 0 saturated heterocycles. The first-order chi connectivity index (χ1) is 10.1. The molecule has 23 heavy (non-hydrogen) atoms. The van der Waals surface area contributed by atoms with Crippen LogP contribution in [0.25, 0.3) is 0 Å². The minimum atomic E-state index is -6.52. The van der Waals surface area contributed by atoms with Gasteiger partial charge in [-0.3, -0.25) is 0 Å². The topological polar surface area (TPSA) is 46.2 Å². The predicted molar refractivity (Wildman–Crippen MR) is 70.0 cm³/mol. The molecule has 132 valence electrons. The van der Waals surface area contributed by atoms with Gasteiger partial charge in [0.2, 0.25) is 10.0 Å². The van der Waals surface area contributed by atoms with Crippen molar-refractivity contribution in [2.24, 2.45) is 0 Å². The van der Waals surface area contributed by atoms with Gasteiger partial charge in [0.05, 0.1) is 11.4 Å². The molecule has 0 radical (unpaired) electrons. The Morgan fingerprint density at radius 2 is 1.61 bits per heavy atom. The van der Waals surface area contributed by atoms with Gasteiger partial charge in [0.15, 0.2) is 0 Å². The van der Waals surface area contributed by atoms with Gasteiger partial charge in [-0.1, -0.05) is 15.9 Å². The highest BCUT2D eigenvalue weighted by Crippen LogP contribution is 2.46. The molecule has 0 aliphatic carbocycles. The number of nitrogens with one attached hydrogen (secondary N) is 1. The summed E-state index contributed by atoms with van der Waals surface area (Å²) in [7, 11) is -4.69. The normalized spacial score (nSPS) is 14.1. The van der Waals surface area contributed by atoms with Crippen molar-refractivity contribution in [1.82, 2.24) is 4.72 Å². The summed E-state index contributed by atoms with van der Waals surface area (Å²) in [5, 5.41) is 0. The summed E-state index contributed by atoms with van der Waals surface area (Å²) in [5.41, 5.74) is 0.389. The first-order valence-corrected chi connectivity index (χ1v) is 7.97. The van der Waals surface area contributed by atoms with Gasteiger partial charge in [0, 0.05) is 4.47 Å². The SMILES string of the molecule is Cc1cc(S(=O)(=O)NCC(F)(F)C(F)(F)C(F)(F)F)ccc1Br. The molecule has 0 atom stereocenters. The highest BCUT2D eigenvalue weighted by atomic mass is 79.9. The van der Waals surface area contributed by atoms with Gasteiger partial charge in [0.25, 0.3) is 0 Å². The minimum Gasteiger partial charge on any atom is -0.207 e. The van der Waals surface area contributed by atoms with Gasteiger partial charge in [-0.25, -0.2) is 13.1 Å². The zero-order valence-corrected chi connectivity index (χ0v) is 13.6. The second kappa shape index (κ2) is 6.20. The van der Waals surface area contributed by atoms with Gasteiger partial charge < -0.3 is 0 Å². The summed E-state index contributed by atoms with van der Waals surface area (Å²) >= 11 is 3.06. The van der Waals surface area contributed by atoms with E-state index in [1.54, 1.807) is 0 Å². The fourth-order valence-electron chi connectivity index (χ4n) is 1.37. The van der Waals surface area contributed by atoms with Gasteiger partial charge in [-0.2, -0.15) is 30.7 Å². The molecule has 12 heteroatoms. The molecule has 0 bridgehead atoms. The number of rotatable bonds is 5. The maximum Gasteiger partial charge on any atom is 0.459 e. The number of halogens is 8. The molecule has 1 aromatic carbocycles. The zero-order valence-electron chi connectivity index (χ0n) is 11.2. The van der Waals surface area contributed by atoms with Crippen molar-refractivity contribution in [2.75, 3.05) is 6.54 Å². The lowest BCUT2D eigenvalue weighted by Crippen LogP contribution is -2.56. The Hall–Kier alpha value is -0.880. The molecule has 0 aliphatic rings. The van der Waals surface area contributed by atoms with Crippen LogP contribution in [0.3, 0.4) is 0 Å². The summed E-state index contributed by atoms with van der Waals surface area (Å²) in [6.45, 7) is -0.938. The van der Waals surface area contributed by atoms with Crippen LogP contribution in [0, 0.1) is 6.92 Å². The molecule has 1 N–H and O–H groups in total. The van der Waals surface area contributed by atoms with E-state index in [1.165, 1.54) is 13.0 Å². The third-order valence-electron chi connectivity index (χ3n) is 2.74. The standard InChI is InChI=1S/C11H9BrF7NO2S/c1-6-4-7(2-3-8(6)12)23(21,22)20-5-9(13,14)10(15,16)11(17,18)19/h2-4,20H,5H2,1H3. The van der Waals surface area contributed by atoms with E-state index in [0.29, 0.717) is 10.0 Å². The third-order valence-corrected chi connectivity index (χ3v) is 5.03. The van der Waals surface area contributed by atoms with E-state index in [9.17, 15) is 39.2 Å². The molecule has 0 amide bonds. The lowest BCUT2D eigenvalue weighted by Gasteiger charge is -2.28. The Kier molecular flexibility index (Phi) is 5.44. The van der Waals surface area contributed by atoms with Crippen molar-refractivity contribution in [3.05, 3.63) is 28.2 Å². The Balaban J connectivity index is 3.01. The average Bonchev–Trinajstić information content (AvgIpc) is 2.38. The summed E-state index contributed by atoms with van der Waals surface area (Å²) in [6.07, 6.45) is -6.52. The van der Waals surface area contributed by atoms with Crippen molar-refractivity contribution in [3.63, 3.8) is 0 Å². The molecular weight excluding hydrogens is 423 g/mol. The fraction of sp³-hybridized carbons (Fsp3) is 0.455. The molecule has 1 aromatic rings. The number of hydrogen-bond acceptors (Lipinski definition) is 2. The monoisotopic (exact) mass is 431 g/mol. The van der Waals surface area contributed by atoms with E-state index in [2.05, 4.69) is 15.9 Å². The Morgan fingerprint density at radius 1 is 1.09 bits per heavy atom. The van der Waals surface area contributed by atoms with Crippen LogP contribution in [0.15, 0.2) is 27.6 Å². The van der Waals surface area contributed by atoms with Crippen LogP contribution < -0.4 is 4.72 Å². The summed E-state index contributed by atoms with van der Waals surface area (Å²) in [5.74, 6) is -12.0. The number of sulfonamides is 1. The van der Waals surface area contributed by atoms with Gasteiger partial charge >= 0.3 is 18.0 Å². The second-order valence-electron chi connectivity index (χ2n) is 4.51. The quantitative estimate of drug-likeness (QED) is 0.719. The van der Waals surface area contributed by atoms with Crippen molar-refractivity contribution in [2.45, 2.75) is 29.8 Å². The van der Waals surface area contributed by atoms with E-state index in [4.69, 9.17) is 0 Å². The predicted octanol–water partition coefficient (Wildman–Crippen LogP) is 3.87. The van der Waals surface area contributed by atoms with E-state index < -0.39 is 39.5 Å². The lowest BCUT2D eigenvalue weighted by molar-refractivity contribution is -0.352. The molecular formula is C11H9BrF7NO2S. The minimum absolute atomic E-state index is 0.389. The van der Waals surface area contributed by atoms with Crippen LogP contribution in [0.5, 0.6) is 0 Å². The number of hydrogen-bond donors (Lipinski definition) is 1. The highest BCUT2D eigenvalue weighted by Gasteiger charge is 2.72. The van der Waals surface area contributed by atoms with E-state index in [1.807, 2.05) is 0 Å². The first-order valence-electron chi connectivity index (χ1n) is 5.70. The molecule has 0 aliphatic heterocycles. The molecule has 3 nitrogen and oxygen atoms in total. The Labute approximate surface area is 135 Å². The largest absolute Gasteiger partial charge is 0.459 e. The maximum absolute atomic E-state index is 13.1. The van der Waals surface area contributed by atoms with Crippen LogP contribution in [0.2, 0.25) is 0 Å². The molecule has 0 aromatic heterocycles. The molecule has 0 heterocycles. The first kappa shape index (κ1) is 20.2. The number of aryl methyl sites for hydroxylation is 1. The van der Waals surface area contributed by atoms with Gasteiger partial charge in [-0.05, 0) is 30.7 Å². The fourth-order valence-corrected chi connectivity index (χ4v) is 2.74. The molecule has 0 unspecified atom stereocenters. The Bertz CT molecular complexity index is 688. The number of alkyl halides is 7. The lowest BCUT2D eigenvalue weighted by atomic mass is 10.1. The zero-order chi connectivity index (χ0) is 18.3. The Morgan fingerprint density at radius 3 is 2.04 bits per heavy atom. The van der Waals surface area contributed by atoms with Crippen LogP contribution in [-0.2, 0) is 10.0 Å². The summed E-state index contributed by atoms with van der Waals surface area (Å²) < 4.78 is 112. The molecule has 0 spiro atoms. The van der Waals surface area contributed by atoms with E-state index >= 15 is 0 Å². The van der Waals surface area contributed by atoms with Crippen LogP contribution >= 0.6 is 15.9 Å². The van der Waals surface area contributed by atoms with Gasteiger partial charge in [-0.15, -0.1) is 0 Å². The maximum atomic E-state index is 13.1.